The summed E-state index contributed by atoms with van der Waals surface area (Å²) in [6, 6.07) is 0.854. The van der Waals surface area contributed by atoms with E-state index in [1.165, 1.54) is 44.9 Å². The smallest absolute Gasteiger partial charge is 0.237 e. The molecule has 0 aliphatic heterocycles. The van der Waals surface area contributed by atoms with Gasteiger partial charge in [0.25, 0.3) is 0 Å². The molecule has 3 nitrogen and oxygen atoms in total. The summed E-state index contributed by atoms with van der Waals surface area (Å²) in [4.78, 5) is 12.4. The molecule has 0 radical (unpaired) electrons. The molecule has 0 saturated heterocycles. The lowest BCUT2D eigenvalue weighted by molar-refractivity contribution is -0.124. The maximum atomic E-state index is 12.4. The predicted octanol–water partition coefficient (Wildman–Crippen LogP) is 3.24. The molecule has 2 N–H and O–H groups in total. The van der Waals surface area contributed by atoms with E-state index in [2.05, 4.69) is 24.5 Å². The average molecular weight is 280 g/mol. The number of hydrogen-bond acceptors (Lipinski definition) is 2. The minimum atomic E-state index is -0.0605. The van der Waals surface area contributed by atoms with Crippen molar-refractivity contribution in [2.45, 2.75) is 90.3 Å². The van der Waals surface area contributed by atoms with E-state index in [1.54, 1.807) is 0 Å². The third-order valence-electron chi connectivity index (χ3n) is 5.41. The second kappa shape index (κ2) is 7.44. The molecule has 0 aromatic carbocycles. The highest BCUT2D eigenvalue weighted by atomic mass is 16.2. The van der Waals surface area contributed by atoms with Gasteiger partial charge in [0.05, 0.1) is 6.04 Å². The van der Waals surface area contributed by atoms with Crippen LogP contribution in [0.15, 0.2) is 0 Å². The van der Waals surface area contributed by atoms with Gasteiger partial charge >= 0.3 is 0 Å². The van der Waals surface area contributed by atoms with Gasteiger partial charge in [-0.1, -0.05) is 39.5 Å². The molecule has 5 atom stereocenters. The van der Waals surface area contributed by atoms with Gasteiger partial charge in [0.15, 0.2) is 0 Å². The first-order valence-electron chi connectivity index (χ1n) is 8.64. The van der Waals surface area contributed by atoms with Gasteiger partial charge in [0.1, 0.15) is 0 Å². The van der Waals surface area contributed by atoms with E-state index in [9.17, 15) is 4.79 Å². The number of rotatable bonds is 4. The largest absolute Gasteiger partial charge is 0.352 e. The maximum Gasteiger partial charge on any atom is 0.237 e. The molecule has 0 bridgehead atoms. The molecular weight excluding hydrogens is 248 g/mol. The van der Waals surface area contributed by atoms with Crippen molar-refractivity contribution >= 4 is 5.91 Å². The van der Waals surface area contributed by atoms with E-state index >= 15 is 0 Å². The van der Waals surface area contributed by atoms with Gasteiger partial charge in [0.2, 0.25) is 5.91 Å². The van der Waals surface area contributed by atoms with Gasteiger partial charge in [-0.15, -0.1) is 0 Å². The van der Waals surface area contributed by atoms with Gasteiger partial charge < -0.3 is 10.6 Å². The van der Waals surface area contributed by atoms with Gasteiger partial charge in [-0.25, -0.2) is 0 Å². The second-order valence-electron chi connectivity index (χ2n) is 7.13. The summed E-state index contributed by atoms with van der Waals surface area (Å²) in [5, 5.41) is 6.83. The Bertz CT molecular complexity index is 318. The van der Waals surface area contributed by atoms with Crippen LogP contribution in [0, 0.1) is 11.8 Å². The molecule has 2 aliphatic carbocycles. The summed E-state index contributed by atoms with van der Waals surface area (Å²) in [5.41, 5.74) is 0. The van der Waals surface area contributed by atoms with E-state index in [-0.39, 0.29) is 11.9 Å². The summed E-state index contributed by atoms with van der Waals surface area (Å²) < 4.78 is 0. The molecular formula is C17H32N2O. The van der Waals surface area contributed by atoms with E-state index in [0.29, 0.717) is 23.9 Å². The van der Waals surface area contributed by atoms with Crippen molar-refractivity contribution in [2.24, 2.45) is 11.8 Å². The molecule has 2 fully saturated rings. The van der Waals surface area contributed by atoms with Crippen LogP contribution in [0.3, 0.4) is 0 Å². The summed E-state index contributed by atoms with van der Waals surface area (Å²) in [5.74, 6) is 1.53. The monoisotopic (exact) mass is 280 g/mol. The molecule has 2 aliphatic rings. The molecule has 0 aromatic rings. The van der Waals surface area contributed by atoms with Gasteiger partial charge in [-0.3, -0.25) is 4.79 Å². The maximum absolute atomic E-state index is 12.4. The van der Waals surface area contributed by atoms with Crippen LogP contribution >= 0.6 is 0 Å². The van der Waals surface area contributed by atoms with Crippen molar-refractivity contribution in [1.82, 2.24) is 10.6 Å². The Balaban J connectivity index is 1.79. The molecule has 0 aromatic heterocycles. The number of nitrogens with one attached hydrogen (secondary N) is 2. The molecule has 2 saturated carbocycles. The number of carbonyl (C=O) groups excluding carboxylic acids is 1. The summed E-state index contributed by atoms with van der Waals surface area (Å²) >= 11 is 0. The Hall–Kier alpha value is -0.570. The average Bonchev–Trinajstić information content (AvgIpc) is 2.43. The highest BCUT2D eigenvalue weighted by molar-refractivity contribution is 5.81. The Morgan fingerprint density at radius 1 is 0.900 bits per heavy atom. The van der Waals surface area contributed by atoms with Crippen LogP contribution in [0.5, 0.6) is 0 Å². The standard InChI is InChI=1S/C17H32N2O/c1-12-8-4-6-10-15(12)18-14(3)17(20)19-16-11-7-5-9-13(16)2/h12-16,18H,4-11H2,1-3H3,(H,19,20). The Labute approximate surface area is 124 Å². The Morgan fingerprint density at radius 2 is 1.40 bits per heavy atom. The minimum Gasteiger partial charge on any atom is -0.352 e. The van der Waals surface area contributed by atoms with Crippen LogP contribution in [-0.2, 0) is 4.79 Å². The Kier molecular flexibility index (Phi) is 5.88. The van der Waals surface area contributed by atoms with E-state index in [1.807, 2.05) is 6.92 Å². The normalized spacial score (nSPS) is 36.4. The minimum absolute atomic E-state index is 0.0605. The number of carbonyl (C=O) groups is 1. The molecule has 1 amide bonds. The van der Waals surface area contributed by atoms with Gasteiger partial charge in [-0.2, -0.15) is 0 Å². The van der Waals surface area contributed by atoms with Gasteiger partial charge in [0, 0.05) is 12.1 Å². The second-order valence-corrected chi connectivity index (χ2v) is 7.13. The van der Waals surface area contributed by atoms with Crippen LogP contribution in [0.25, 0.3) is 0 Å². The highest BCUT2D eigenvalue weighted by Gasteiger charge is 2.27. The molecule has 0 spiro atoms. The van der Waals surface area contributed by atoms with Crippen LogP contribution in [0.2, 0.25) is 0 Å². The summed E-state index contributed by atoms with van der Waals surface area (Å²) in [6.45, 7) is 6.60. The van der Waals surface area contributed by atoms with Crippen LogP contribution < -0.4 is 10.6 Å². The highest BCUT2D eigenvalue weighted by Crippen LogP contribution is 2.25. The van der Waals surface area contributed by atoms with Crippen LogP contribution in [0.4, 0.5) is 0 Å². The zero-order valence-corrected chi connectivity index (χ0v) is 13.5. The fourth-order valence-electron chi connectivity index (χ4n) is 3.80. The topological polar surface area (TPSA) is 41.1 Å². The van der Waals surface area contributed by atoms with Crippen LogP contribution in [-0.4, -0.2) is 24.0 Å². The Morgan fingerprint density at radius 3 is 1.95 bits per heavy atom. The molecule has 0 heterocycles. The predicted molar refractivity (Wildman–Crippen MR) is 83.6 cm³/mol. The van der Waals surface area contributed by atoms with Crippen molar-refractivity contribution in [3.63, 3.8) is 0 Å². The first kappa shape index (κ1) is 15.8. The summed E-state index contributed by atoms with van der Waals surface area (Å²) in [7, 11) is 0. The molecule has 5 unspecified atom stereocenters. The first-order chi connectivity index (χ1) is 9.58. The fraction of sp³-hybridized carbons (Fsp3) is 0.941. The number of hydrogen-bond donors (Lipinski definition) is 2. The third-order valence-corrected chi connectivity index (χ3v) is 5.41. The molecule has 3 heteroatoms. The molecule has 116 valence electrons. The van der Waals surface area contributed by atoms with Crippen molar-refractivity contribution in [1.29, 1.82) is 0 Å². The van der Waals surface area contributed by atoms with E-state index in [4.69, 9.17) is 0 Å². The zero-order valence-electron chi connectivity index (χ0n) is 13.5. The van der Waals surface area contributed by atoms with Crippen molar-refractivity contribution in [2.75, 3.05) is 0 Å². The van der Waals surface area contributed by atoms with Crippen molar-refractivity contribution in [3.05, 3.63) is 0 Å². The van der Waals surface area contributed by atoms with Crippen molar-refractivity contribution < 1.29 is 4.79 Å². The third kappa shape index (κ3) is 4.21. The van der Waals surface area contributed by atoms with E-state index in [0.717, 1.165) is 6.42 Å². The number of amides is 1. The van der Waals surface area contributed by atoms with Crippen LogP contribution in [0.1, 0.15) is 72.1 Å². The first-order valence-corrected chi connectivity index (χ1v) is 8.64. The summed E-state index contributed by atoms with van der Waals surface area (Å²) in [6.07, 6.45) is 10.2. The lowest BCUT2D eigenvalue weighted by Crippen LogP contribution is -2.52. The fourth-order valence-corrected chi connectivity index (χ4v) is 3.80. The lowest BCUT2D eigenvalue weighted by Gasteiger charge is -2.34. The molecule has 20 heavy (non-hydrogen) atoms. The quantitative estimate of drug-likeness (QED) is 0.830. The van der Waals surface area contributed by atoms with E-state index < -0.39 is 0 Å². The molecule has 2 rings (SSSR count). The SMILES string of the molecule is CC(NC1CCCCC1C)C(=O)NC1CCCCC1C. The van der Waals surface area contributed by atoms with Crippen molar-refractivity contribution in [3.8, 4) is 0 Å². The van der Waals surface area contributed by atoms with Gasteiger partial charge in [-0.05, 0) is 44.4 Å². The lowest BCUT2D eigenvalue weighted by atomic mass is 9.85. The zero-order chi connectivity index (χ0) is 14.5.